The average molecular weight is 293 g/mol. The van der Waals surface area contributed by atoms with Crippen LogP contribution in [0.1, 0.15) is 51.8 Å². The van der Waals surface area contributed by atoms with Crippen molar-refractivity contribution < 1.29 is 9.90 Å². The van der Waals surface area contributed by atoms with Gasteiger partial charge in [0.15, 0.2) is 0 Å². The molecule has 0 aliphatic carbocycles. The molecule has 0 aromatic carbocycles. The first-order chi connectivity index (χ1) is 9.97. The maximum Gasteiger partial charge on any atom is 0.303 e. The Morgan fingerprint density at radius 3 is 2.90 bits per heavy atom. The molecular weight excluding hydrogens is 266 g/mol. The van der Waals surface area contributed by atoms with Crippen molar-refractivity contribution in [2.45, 2.75) is 52.6 Å². The highest BCUT2D eigenvalue weighted by Crippen LogP contribution is 2.27. The lowest BCUT2D eigenvalue weighted by Gasteiger charge is -2.35. The van der Waals surface area contributed by atoms with Gasteiger partial charge in [0.05, 0.1) is 12.0 Å². The molecule has 0 bridgehead atoms. The number of nitrogens with zero attached hydrogens (tertiary/aromatic N) is 3. The third-order valence-electron chi connectivity index (χ3n) is 4.53. The summed E-state index contributed by atoms with van der Waals surface area (Å²) in [7, 11) is 0. The molecule has 0 spiro atoms. The molecule has 1 fully saturated rings. The van der Waals surface area contributed by atoms with E-state index < -0.39 is 5.97 Å². The zero-order valence-corrected chi connectivity index (χ0v) is 13.3. The lowest BCUT2D eigenvalue weighted by Crippen LogP contribution is -2.38. The van der Waals surface area contributed by atoms with Crippen molar-refractivity contribution in [1.82, 2.24) is 14.5 Å². The first kappa shape index (κ1) is 16.0. The van der Waals surface area contributed by atoms with Crippen LogP contribution in [0.25, 0.3) is 0 Å². The smallest absolute Gasteiger partial charge is 0.303 e. The van der Waals surface area contributed by atoms with E-state index >= 15 is 0 Å². The standard InChI is InChI=1S/C16H27N3O2/c1-12(2)19-11-17-8-15(19)10-18-6-4-5-14(9-18)13(3)7-16(20)21/h8,11-14H,4-7,9-10H2,1-3H3,(H,20,21). The van der Waals surface area contributed by atoms with Crippen molar-refractivity contribution in [3.05, 3.63) is 18.2 Å². The Kier molecular flexibility index (Phi) is 5.39. The number of hydrogen-bond donors (Lipinski definition) is 1. The van der Waals surface area contributed by atoms with Crippen molar-refractivity contribution in [1.29, 1.82) is 0 Å². The van der Waals surface area contributed by atoms with Gasteiger partial charge in [0.2, 0.25) is 0 Å². The van der Waals surface area contributed by atoms with Gasteiger partial charge in [-0.15, -0.1) is 0 Å². The highest BCUT2D eigenvalue weighted by molar-refractivity contribution is 5.67. The van der Waals surface area contributed by atoms with Crippen molar-refractivity contribution in [3.8, 4) is 0 Å². The number of aromatic nitrogens is 2. The average Bonchev–Trinajstić information content (AvgIpc) is 2.86. The van der Waals surface area contributed by atoms with Crippen LogP contribution in [0.2, 0.25) is 0 Å². The number of imidazole rings is 1. The third kappa shape index (κ3) is 4.30. The predicted molar refractivity (Wildman–Crippen MR) is 82.0 cm³/mol. The fourth-order valence-electron chi connectivity index (χ4n) is 3.29. The number of rotatable bonds is 6. The molecule has 1 aromatic heterocycles. The van der Waals surface area contributed by atoms with Gasteiger partial charge in [-0.05, 0) is 45.1 Å². The quantitative estimate of drug-likeness (QED) is 0.876. The van der Waals surface area contributed by atoms with E-state index in [0.29, 0.717) is 12.0 Å². The molecule has 1 N–H and O–H groups in total. The molecule has 0 saturated carbocycles. The number of piperidine rings is 1. The van der Waals surface area contributed by atoms with E-state index in [2.05, 4.69) is 35.2 Å². The Balaban J connectivity index is 1.95. The van der Waals surface area contributed by atoms with E-state index in [1.807, 2.05) is 12.5 Å². The fourth-order valence-corrected chi connectivity index (χ4v) is 3.29. The van der Waals surface area contributed by atoms with Gasteiger partial charge in [-0.3, -0.25) is 9.69 Å². The maximum absolute atomic E-state index is 10.9. The molecule has 1 aliphatic rings. The van der Waals surface area contributed by atoms with Crippen LogP contribution in [0.3, 0.4) is 0 Å². The molecule has 2 rings (SSSR count). The first-order valence-corrected chi connectivity index (χ1v) is 7.92. The topological polar surface area (TPSA) is 58.4 Å². The van der Waals surface area contributed by atoms with E-state index in [1.54, 1.807) is 0 Å². The second kappa shape index (κ2) is 7.07. The van der Waals surface area contributed by atoms with Gasteiger partial charge in [0.25, 0.3) is 0 Å². The van der Waals surface area contributed by atoms with Crippen molar-refractivity contribution in [2.24, 2.45) is 11.8 Å². The van der Waals surface area contributed by atoms with Crippen molar-refractivity contribution >= 4 is 5.97 Å². The fraction of sp³-hybridized carbons (Fsp3) is 0.750. The van der Waals surface area contributed by atoms with Crippen LogP contribution in [-0.4, -0.2) is 38.6 Å². The summed E-state index contributed by atoms with van der Waals surface area (Å²) >= 11 is 0. The molecule has 1 aromatic rings. The molecule has 2 heterocycles. The van der Waals surface area contributed by atoms with Gasteiger partial charge >= 0.3 is 5.97 Å². The normalized spacial score (nSPS) is 21.6. The molecule has 2 atom stereocenters. The molecule has 21 heavy (non-hydrogen) atoms. The summed E-state index contributed by atoms with van der Waals surface area (Å²) in [6.45, 7) is 9.41. The lowest BCUT2D eigenvalue weighted by molar-refractivity contribution is -0.138. The number of carboxylic acids is 1. The summed E-state index contributed by atoms with van der Waals surface area (Å²) < 4.78 is 2.21. The highest BCUT2D eigenvalue weighted by Gasteiger charge is 2.26. The van der Waals surface area contributed by atoms with Crippen LogP contribution >= 0.6 is 0 Å². The molecule has 0 amide bonds. The van der Waals surface area contributed by atoms with Crippen LogP contribution in [0.4, 0.5) is 0 Å². The molecule has 0 radical (unpaired) electrons. The van der Waals surface area contributed by atoms with Gasteiger partial charge in [-0.25, -0.2) is 4.98 Å². The van der Waals surface area contributed by atoms with E-state index in [1.165, 1.54) is 5.69 Å². The number of carbonyl (C=O) groups is 1. The van der Waals surface area contributed by atoms with E-state index in [4.69, 9.17) is 5.11 Å². The highest BCUT2D eigenvalue weighted by atomic mass is 16.4. The van der Waals surface area contributed by atoms with Gasteiger partial charge < -0.3 is 9.67 Å². The van der Waals surface area contributed by atoms with Crippen LogP contribution in [0.15, 0.2) is 12.5 Å². The monoisotopic (exact) mass is 293 g/mol. The van der Waals surface area contributed by atoms with Crippen LogP contribution < -0.4 is 0 Å². The number of hydrogen-bond acceptors (Lipinski definition) is 3. The van der Waals surface area contributed by atoms with Crippen LogP contribution in [-0.2, 0) is 11.3 Å². The largest absolute Gasteiger partial charge is 0.481 e. The summed E-state index contributed by atoms with van der Waals surface area (Å²) in [4.78, 5) is 17.6. The second-order valence-corrected chi connectivity index (χ2v) is 6.60. The molecule has 118 valence electrons. The lowest BCUT2D eigenvalue weighted by atomic mass is 9.84. The maximum atomic E-state index is 10.9. The summed E-state index contributed by atoms with van der Waals surface area (Å²) in [6.07, 6.45) is 6.43. The van der Waals surface area contributed by atoms with Crippen LogP contribution in [0, 0.1) is 11.8 Å². The first-order valence-electron chi connectivity index (χ1n) is 7.92. The SMILES string of the molecule is CC(CC(=O)O)C1CCCN(Cc2cncn2C(C)C)C1. The van der Waals surface area contributed by atoms with E-state index in [-0.39, 0.29) is 12.3 Å². The number of carboxylic acid groups (broad SMARTS) is 1. The molecule has 1 saturated heterocycles. The minimum Gasteiger partial charge on any atom is -0.481 e. The molecule has 5 nitrogen and oxygen atoms in total. The summed E-state index contributed by atoms with van der Waals surface area (Å²) in [6, 6.07) is 0.425. The molecule has 5 heteroatoms. The Morgan fingerprint density at radius 2 is 2.24 bits per heavy atom. The third-order valence-corrected chi connectivity index (χ3v) is 4.53. The molecule has 2 unspecified atom stereocenters. The minimum atomic E-state index is -0.683. The summed E-state index contributed by atoms with van der Waals surface area (Å²) in [5.41, 5.74) is 1.25. The number of aliphatic carboxylic acids is 1. The van der Waals surface area contributed by atoms with Gasteiger partial charge in [-0.2, -0.15) is 0 Å². The van der Waals surface area contributed by atoms with Gasteiger partial charge in [0.1, 0.15) is 0 Å². The molecule has 1 aliphatic heterocycles. The zero-order valence-electron chi connectivity index (χ0n) is 13.3. The van der Waals surface area contributed by atoms with Crippen molar-refractivity contribution in [3.63, 3.8) is 0 Å². The van der Waals surface area contributed by atoms with E-state index in [0.717, 1.165) is 32.5 Å². The van der Waals surface area contributed by atoms with E-state index in [9.17, 15) is 4.79 Å². The summed E-state index contributed by atoms with van der Waals surface area (Å²) in [5.74, 6) is 0.0584. The Bertz CT molecular complexity index is 470. The molecular formula is C16H27N3O2. The van der Waals surface area contributed by atoms with Gasteiger partial charge in [0, 0.05) is 31.7 Å². The second-order valence-electron chi connectivity index (χ2n) is 6.60. The Morgan fingerprint density at radius 1 is 1.48 bits per heavy atom. The van der Waals surface area contributed by atoms with Crippen LogP contribution in [0.5, 0.6) is 0 Å². The summed E-state index contributed by atoms with van der Waals surface area (Å²) in [5, 5.41) is 8.96. The Hall–Kier alpha value is -1.36. The van der Waals surface area contributed by atoms with Gasteiger partial charge in [-0.1, -0.05) is 6.92 Å². The Labute approximate surface area is 127 Å². The zero-order chi connectivity index (χ0) is 15.4. The predicted octanol–water partition coefficient (Wildman–Crippen LogP) is 2.79. The number of likely N-dealkylation sites (tertiary alicyclic amines) is 1. The van der Waals surface area contributed by atoms with Crippen molar-refractivity contribution in [2.75, 3.05) is 13.1 Å². The minimum absolute atomic E-state index is 0.250.